The summed E-state index contributed by atoms with van der Waals surface area (Å²) in [7, 11) is 1.64. The fraction of sp³-hybridized carbons (Fsp3) is 0.391. The van der Waals surface area contributed by atoms with Gasteiger partial charge in [-0.25, -0.2) is 4.79 Å². The van der Waals surface area contributed by atoms with Gasteiger partial charge in [0.25, 0.3) is 5.91 Å². The molecule has 2 amide bonds. The smallest absolute Gasteiger partial charge is 0.409 e. The Labute approximate surface area is 176 Å². The van der Waals surface area contributed by atoms with Crippen LogP contribution in [0.5, 0.6) is 5.75 Å². The second-order valence-electron chi connectivity index (χ2n) is 7.50. The van der Waals surface area contributed by atoms with Crippen molar-refractivity contribution in [3.8, 4) is 5.75 Å². The number of nitrogens with one attached hydrogen (secondary N) is 1. The van der Waals surface area contributed by atoms with E-state index in [2.05, 4.69) is 5.32 Å². The molecule has 7 heteroatoms. The second kappa shape index (κ2) is 8.65. The molecule has 0 aromatic heterocycles. The quantitative estimate of drug-likeness (QED) is 0.811. The number of carbonyl (C=O) groups excluding carboxylic acids is 2. The summed E-state index contributed by atoms with van der Waals surface area (Å²) in [6, 6.07) is 15.5. The van der Waals surface area contributed by atoms with E-state index in [1.54, 1.807) is 18.9 Å². The molecular weight excluding hydrogens is 382 g/mol. The van der Waals surface area contributed by atoms with E-state index in [4.69, 9.17) is 9.47 Å². The molecule has 0 spiro atoms. The standard InChI is InChI=1S/C23H27N3O4/c1-3-30-23(28)25-13-11-17(12-14-25)26-21(19-9-4-5-10-20(19)22(26)27)24-16-7-6-8-18(15-16)29-2/h4-10,15,17,21,24H,3,11-14H2,1-2H3. The molecule has 2 aromatic rings. The Morgan fingerprint density at radius 2 is 1.90 bits per heavy atom. The summed E-state index contributed by atoms with van der Waals surface area (Å²) in [4.78, 5) is 29.0. The lowest BCUT2D eigenvalue weighted by molar-refractivity contribution is 0.0496. The number of methoxy groups -OCH3 is 1. The van der Waals surface area contributed by atoms with Crippen LogP contribution in [0.3, 0.4) is 0 Å². The Morgan fingerprint density at radius 3 is 2.63 bits per heavy atom. The first-order valence-electron chi connectivity index (χ1n) is 10.4. The SMILES string of the molecule is CCOC(=O)N1CCC(N2C(=O)c3ccccc3C2Nc2cccc(OC)c2)CC1. The largest absolute Gasteiger partial charge is 0.497 e. The van der Waals surface area contributed by atoms with Crippen molar-refractivity contribution in [3.05, 3.63) is 59.7 Å². The van der Waals surface area contributed by atoms with Gasteiger partial charge >= 0.3 is 6.09 Å². The van der Waals surface area contributed by atoms with Gasteiger partial charge in [-0.05, 0) is 38.0 Å². The number of hydrogen-bond acceptors (Lipinski definition) is 5. The first-order valence-corrected chi connectivity index (χ1v) is 10.4. The Bertz CT molecular complexity index is 924. The van der Waals surface area contributed by atoms with Crippen molar-refractivity contribution in [2.24, 2.45) is 0 Å². The second-order valence-corrected chi connectivity index (χ2v) is 7.50. The minimum atomic E-state index is -0.280. The van der Waals surface area contributed by atoms with Gasteiger partial charge in [0.15, 0.2) is 0 Å². The van der Waals surface area contributed by atoms with Gasteiger partial charge in [0.1, 0.15) is 11.9 Å². The lowest BCUT2D eigenvalue weighted by atomic mass is 10.0. The van der Waals surface area contributed by atoms with E-state index in [9.17, 15) is 9.59 Å². The number of anilines is 1. The number of nitrogens with zero attached hydrogens (tertiary/aromatic N) is 2. The number of ether oxygens (including phenoxy) is 2. The maximum Gasteiger partial charge on any atom is 0.409 e. The number of amides is 2. The van der Waals surface area contributed by atoms with Gasteiger partial charge in [-0.3, -0.25) is 4.79 Å². The van der Waals surface area contributed by atoms with Gasteiger partial charge in [-0.15, -0.1) is 0 Å². The maximum atomic E-state index is 13.3. The molecule has 4 rings (SSSR count). The molecule has 2 aromatic carbocycles. The third-order valence-electron chi connectivity index (χ3n) is 5.76. The number of fused-ring (bicyclic) bond motifs is 1. The number of carbonyl (C=O) groups is 2. The molecule has 158 valence electrons. The van der Waals surface area contributed by atoms with Crippen molar-refractivity contribution in [2.45, 2.75) is 32.0 Å². The summed E-state index contributed by atoms with van der Waals surface area (Å²) < 4.78 is 10.5. The highest BCUT2D eigenvalue weighted by atomic mass is 16.6. The molecule has 1 atom stereocenters. The molecule has 0 radical (unpaired) electrons. The van der Waals surface area contributed by atoms with Crippen molar-refractivity contribution in [1.29, 1.82) is 0 Å². The zero-order valence-electron chi connectivity index (χ0n) is 17.3. The lowest BCUT2D eigenvalue weighted by Gasteiger charge is -2.39. The zero-order chi connectivity index (χ0) is 21.1. The third-order valence-corrected chi connectivity index (χ3v) is 5.76. The van der Waals surface area contributed by atoms with Crippen LogP contribution in [0, 0.1) is 0 Å². The number of benzene rings is 2. The van der Waals surface area contributed by atoms with Gasteiger partial charge < -0.3 is 24.6 Å². The van der Waals surface area contributed by atoms with Crippen molar-refractivity contribution < 1.29 is 19.1 Å². The summed E-state index contributed by atoms with van der Waals surface area (Å²) in [6.45, 7) is 3.33. The number of piperidine rings is 1. The van der Waals surface area contributed by atoms with E-state index in [0.717, 1.165) is 35.4 Å². The molecule has 7 nitrogen and oxygen atoms in total. The van der Waals surface area contributed by atoms with Crippen molar-refractivity contribution in [3.63, 3.8) is 0 Å². The predicted octanol–water partition coefficient (Wildman–Crippen LogP) is 3.88. The van der Waals surface area contributed by atoms with E-state index >= 15 is 0 Å². The summed E-state index contributed by atoms with van der Waals surface area (Å²) in [5.41, 5.74) is 2.58. The Morgan fingerprint density at radius 1 is 1.13 bits per heavy atom. The van der Waals surface area contributed by atoms with E-state index < -0.39 is 0 Å². The number of hydrogen-bond donors (Lipinski definition) is 1. The van der Waals surface area contributed by atoms with Crippen LogP contribution < -0.4 is 10.1 Å². The monoisotopic (exact) mass is 409 g/mol. The fourth-order valence-corrected chi connectivity index (χ4v) is 4.27. The molecule has 30 heavy (non-hydrogen) atoms. The Kier molecular flexibility index (Phi) is 5.79. The summed E-state index contributed by atoms with van der Waals surface area (Å²) in [6.07, 6.45) is 0.891. The van der Waals surface area contributed by atoms with Crippen LogP contribution in [0.25, 0.3) is 0 Å². The van der Waals surface area contributed by atoms with Crippen LogP contribution >= 0.6 is 0 Å². The first-order chi connectivity index (χ1) is 14.6. The molecule has 0 aliphatic carbocycles. The van der Waals surface area contributed by atoms with Gasteiger partial charge in [0.05, 0.1) is 13.7 Å². The Balaban J connectivity index is 1.56. The van der Waals surface area contributed by atoms with Crippen LogP contribution in [0.2, 0.25) is 0 Å². The van der Waals surface area contributed by atoms with Crippen molar-refractivity contribution in [2.75, 3.05) is 32.1 Å². The molecule has 1 saturated heterocycles. The van der Waals surface area contributed by atoms with E-state index in [1.807, 2.05) is 53.4 Å². The van der Waals surface area contributed by atoms with Crippen molar-refractivity contribution >= 4 is 17.7 Å². The van der Waals surface area contributed by atoms with Crippen LogP contribution in [0.15, 0.2) is 48.5 Å². The lowest BCUT2D eigenvalue weighted by Crippen LogP contribution is -2.49. The minimum Gasteiger partial charge on any atom is -0.497 e. The minimum absolute atomic E-state index is 0.0283. The first kappa shape index (κ1) is 20.1. The molecule has 2 heterocycles. The molecule has 2 aliphatic heterocycles. The average Bonchev–Trinajstić information content (AvgIpc) is 3.06. The summed E-state index contributed by atoms with van der Waals surface area (Å²) in [5.74, 6) is 0.785. The van der Waals surface area contributed by atoms with Crippen LogP contribution in [-0.4, -0.2) is 54.6 Å². The van der Waals surface area contributed by atoms with Gasteiger partial charge in [-0.1, -0.05) is 24.3 Å². The van der Waals surface area contributed by atoms with E-state index in [1.165, 1.54) is 0 Å². The van der Waals surface area contributed by atoms with Gasteiger partial charge in [0.2, 0.25) is 0 Å². The molecule has 1 unspecified atom stereocenters. The van der Waals surface area contributed by atoms with Crippen LogP contribution in [0.1, 0.15) is 41.9 Å². The van der Waals surface area contributed by atoms with Crippen LogP contribution in [-0.2, 0) is 4.74 Å². The van der Waals surface area contributed by atoms with Gasteiger partial charge in [0, 0.05) is 42.0 Å². The molecule has 1 fully saturated rings. The van der Waals surface area contributed by atoms with Crippen molar-refractivity contribution in [1.82, 2.24) is 9.80 Å². The molecule has 1 N–H and O–H groups in total. The predicted molar refractivity (Wildman–Crippen MR) is 114 cm³/mol. The number of likely N-dealkylation sites (tertiary alicyclic amines) is 1. The average molecular weight is 409 g/mol. The molecule has 0 bridgehead atoms. The fourth-order valence-electron chi connectivity index (χ4n) is 4.27. The highest BCUT2D eigenvalue weighted by Crippen LogP contribution is 2.38. The van der Waals surface area contributed by atoms with E-state index in [-0.39, 0.29) is 24.2 Å². The summed E-state index contributed by atoms with van der Waals surface area (Å²) >= 11 is 0. The Hall–Kier alpha value is -3.22. The van der Waals surface area contributed by atoms with Crippen LogP contribution in [0.4, 0.5) is 10.5 Å². The molecule has 2 aliphatic rings. The third kappa shape index (κ3) is 3.79. The zero-order valence-corrected chi connectivity index (χ0v) is 17.3. The topological polar surface area (TPSA) is 71.1 Å². The summed E-state index contributed by atoms with van der Waals surface area (Å²) in [5, 5.41) is 3.52. The molecule has 0 saturated carbocycles. The highest BCUT2D eigenvalue weighted by molar-refractivity contribution is 5.99. The normalized spacial score (nSPS) is 18.9. The highest BCUT2D eigenvalue weighted by Gasteiger charge is 2.42. The maximum absolute atomic E-state index is 13.3. The van der Waals surface area contributed by atoms with E-state index in [0.29, 0.717) is 19.7 Å². The molecular formula is C23H27N3O4. The number of rotatable bonds is 5. The van der Waals surface area contributed by atoms with Gasteiger partial charge in [-0.2, -0.15) is 0 Å².